The average molecular weight is 486 g/mol. The molecule has 2 heterocycles. The van der Waals surface area contributed by atoms with Crippen molar-refractivity contribution in [3.63, 3.8) is 0 Å². The molecule has 0 aliphatic carbocycles. The molecule has 1 aliphatic rings. The predicted molar refractivity (Wildman–Crippen MR) is 128 cm³/mol. The van der Waals surface area contributed by atoms with Gasteiger partial charge in [-0.3, -0.25) is 9.88 Å². The molecule has 0 bridgehead atoms. The van der Waals surface area contributed by atoms with Crippen molar-refractivity contribution in [1.29, 1.82) is 0 Å². The molecule has 3 aromatic rings. The van der Waals surface area contributed by atoms with E-state index in [9.17, 15) is 16.8 Å². The molecule has 1 atom stereocenters. The maximum absolute atomic E-state index is 13.2. The molecule has 1 aliphatic heterocycles. The highest BCUT2D eigenvalue weighted by atomic mass is 32.2. The van der Waals surface area contributed by atoms with Crippen LogP contribution in [0.2, 0.25) is 0 Å². The van der Waals surface area contributed by atoms with E-state index >= 15 is 0 Å². The second-order valence-electron chi connectivity index (χ2n) is 8.52. The third-order valence-electron chi connectivity index (χ3n) is 5.89. The summed E-state index contributed by atoms with van der Waals surface area (Å²) in [7, 11) is -6.99. The van der Waals surface area contributed by atoms with E-state index in [4.69, 9.17) is 0 Å². The Hall–Kier alpha value is -2.59. The summed E-state index contributed by atoms with van der Waals surface area (Å²) in [5.74, 6) is 0. The molecule has 0 N–H and O–H groups in total. The lowest BCUT2D eigenvalue weighted by Crippen LogP contribution is -2.34. The molecule has 7 nitrogen and oxygen atoms in total. The molecular formula is C24H27N3O4S2. The summed E-state index contributed by atoms with van der Waals surface area (Å²) in [5, 5.41) is 0. The number of sulfone groups is 1. The Kier molecular flexibility index (Phi) is 6.41. The number of aromatic nitrogens is 1. The van der Waals surface area contributed by atoms with Crippen molar-refractivity contribution >= 4 is 19.9 Å². The summed E-state index contributed by atoms with van der Waals surface area (Å²) >= 11 is 0. The number of hydrogen-bond acceptors (Lipinski definition) is 6. The lowest BCUT2D eigenvalue weighted by atomic mass is 9.99. The molecule has 0 amide bonds. The molecule has 33 heavy (non-hydrogen) atoms. The van der Waals surface area contributed by atoms with E-state index < -0.39 is 19.9 Å². The zero-order valence-corrected chi connectivity index (χ0v) is 20.4. The maximum atomic E-state index is 13.2. The van der Waals surface area contributed by atoms with Gasteiger partial charge in [-0.1, -0.05) is 36.4 Å². The fourth-order valence-electron chi connectivity index (χ4n) is 4.08. The standard InChI is InChI=1S/C24H27N3O4S2/c1-18(2)27-17-26(33(30,31)22-10-5-4-6-11-22)16-24(27)20-9-7-8-19(12-20)21-13-23(15-25-14-21)32(3,28)29/h4-15,18,24H,16-17H2,1-3H3. The quantitative estimate of drug-likeness (QED) is 0.531. The first-order valence-electron chi connectivity index (χ1n) is 10.6. The average Bonchev–Trinajstić information content (AvgIpc) is 3.26. The highest BCUT2D eigenvalue weighted by Gasteiger charge is 2.39. The molecule has 1 aromatic heterocycles. The first-order valence-corrected chi connectivity index (χ1v) is 14.0. The molecule has 9 heteroatoms. The number of pyridine rings is 1. The maximum Gasteiger partial charge on any atom is 0.244 e. The van der Waals surface area contributed by atoms with Gasteiger partial charge in [0.05, 0.1) is 22.5 Å². The summed E-state index contributed by atoms with van der Waals surface area (Å²) < 4.78 is 51.9. The van der Waals surface area contributed by atoms with Crippen LogP contribution in [0.25, 0.3) is 11.1 Å². The van der Waals surface area contributed by atoms with Crippen LogP contribution >= 0.6 is 0 Å². The van der Waals surface area contributed by atoms with E-state index in [-0.39, 0.29) is 21.9 Å². The van der Waals surface area contributed by atoms with Crippen molar-refractivity contribution in [2.24, 2.45) is 0 Å². The van der Waals surface area contributed by atoms with Crippen molar-refractivity contribution in [3.8, 4) is 11.1 Å². The van der Waals surface area contributed by atoms with Gasteiger partial charge in [0.1, 0.15) is 0 Å². The summed E-state index contributed by atoms with van der Waals surface area (Å²) in [4.78, 5) is 6.70. The van der Waals surface area contributed by atoms with E-state index in [1.807, 2.05) is 24.3 Å². The van der Waals surface area contributed by atoms with Gasteiger partial charge in [0, 0.05) is 36.8 Å². The van der Waals surface area contributed by atoms with Gasteiger partial charge in [0.25, 0.3) is 0 Å². The Balaban J connectivity index is 1.69. The van der Waals surface area contributed by atoms with E-state index in [0.717, 1.165) is 17.4 Å². The monoisotopic (exact) mass is 485 g/mol. The zero-order chi connectivity index (χ0) is 23.8. The topological polar surface area (TPSA) is 87.7 Å². The molecule has 2 aromatic carbocycles. The Bertz CT molecular complexity index is 1360. The number of nitrogens with zero attached hydrogens (tertiary/aromatic N) is 3. The number of benzene rings is 2. The van der Waals surface area contributed by atoms with Crippen molar-refractivity contribution < 1.29 is 16.8 Å². The number of rotatable bonds is 6. The van der Waals surface area contributed by atoms with Crippen LogP contribution < -0.4 is 0 Å². The van der Waals surface area contributed by atoms with Gasteiger partial charge in [-0.2, -0.15) is 4.31 Å². The second-order valence-corrected chi connectivity index (χ2v) is 12.5. The van der Waals surface area contributed by atoms with E-state index in [0.29, 0.717) is 18.8 Å². The van der Waals surface area contributed by atoms with Crippen LogP contribution in [0, 0.1) is 0 Å². The van der Waals surface area contributed by atoms with Gasteiger partial charge in [-0.15, -0.1) is 0 Å². The summed E-state index contributed by atoms with van der Waals surface area (Å²) in [5.41, 5.74) is 2.50. The minimum Gasteiger partial charge on any atom is -0.279 e. The molecule has 0 spiro atoms. The first kappa shape index (κ1) is 23.6. The minimum absolute atomic E-state index is 0.129. The third-order valence-corrected chi connectivity index (χ3v) is 8.78. The van der Waals surface area contributed by atoms with Crippen LogP contribution in [0.1, 0.15) is 25.5 Å². The minimum atomic E-state index is -3.62. The van der Waals surface area contributed by atoms with Crippen LogP contribution in [0.5, 0.6) is 0 Å². The molecule has 4 rings (SSSR count). The number of hydrogen-bond donors (Lipinski definition) is 0. The van der Waals surface area contributed by atoms with E-state index in [1.54, 1.807) is 42.6 Å². The molecule has 0 radical (unpaired) electrons. The van der Waals surface area contributed by atoms with E-state index in [2.05, 4.69) is 23.7 Å². The molecule has 1 unspecified atom stereocenters. The van der Waals surface area contributed by atoms with Gasteiger partial charge in [0.15, 0.2) is 9.84 Å². The number of sulfonamides is 1. The SMILES string of the molecule is CC(C)N1CN(S(=O)(=O)c2ccccc2)CC1c1cccc(-c2cncc(S(C)(=O)=O)c2)c1. The van der Waals surface area contributed by atoms with Gasteiger partial charge in [0.2, 0.25) is 10.0 Å². The lowest BCUT2D eigenvalue weighted by Gasteiger charge is -2.27. The summed E-state index contributed by atoms with van der Waals surface area (Å²) in [6.45, 7) is 4.74. The lowest BCUT2D eigenvalue weighted by molar-refractivity contribution is 0.199. The summed E-state index contributed by atoms with van der Waals surface area (Å²) in [6.07, 6.45) is 4.13. The van der Waals surface area contributed by atoms with E-state index in [1.165, 1.54) is 10.5 Å². The Labute approximate surface area is 195 Å². The van der Waals surface area contributed by atoms with Crippen LogP contribution in [-0.2, 0) is 19.9 Å². The fraction of sp³-hybridized carbons (Fsp3) is 0.292. The third kappa shape index (κ3) is 4.86. The van der Waals surface area contributed by atoms with Gasteiger partial charge in [-0.05, 0) is 49.2 Å². The molecule has 1 saturated heterocycles. The highest BCUT2D eigenvalue weighted by Crippen LogP contribution is 2.35. The predicted octanol–water partition coefficient (Wildman–Crippen LogP) is 3.57. The highest BCUT2D eigenvalue weighted by molar-refractivity contribution is 7.90. The van der Waals surface area contributed by atoms with Crippen molar-refractivity contribution in [2.75, 3.05) is 19.5 Å². The van der Waals surface area contributed by atoms with Gasteiger partial charge in [-0.25, -0.2) is 16.8 Å². The Morgan fingerprint density at radius 1 is 0.879 bits per heavy atom. The largest absolute Gasteiger partial charge is 0.279 e. The summed E-state index contributed by atoms with van der Waals surface area (Å²) in [6, 6.07) is 17.9. The Morgan fingerprint density at radius 2 is 1.61 bits per heavy atom. The molecule has 174 valence electrons. The first-order chi connectivity index (χ1) is 15.6. The van der Waals surface area contributed by atoms with Crippen LogP contribution in [0.15, 0.2) is 82.8 Å². The molecule has 1 fully saturated rings. The van der Waals surface area contributed by atoms with Crippen LogP contribution in [0.3, 0.4) is 0 Å². The van der Waals surface area contributed by atoms with Crippen LogP contribution in [0.4, 0.5) is 0 Å². The fourth-order valence-corrected chi connectivity index (χ4v) is 6.09. The van der Waals surface area contributed by atoms with Crippen molar-refractivity contribution in [2.45, 2.75) is 35.7 Å². The smallest absolute Gasteiger partial charge is 0.244 e. The second kappa shape index (κ2) is 8.98. The van der Waals surface area contributed by atoms with Gasteiger partial charge < -0.3 is 0 Å². The van der Waals surface area contributed by atoms with Crippen molar-refractivity contribution in [3.05, 3.63) is 78.6 Å². The Morgan fingerprint density at radius 3 is 2.27 bits per heavy atom. The van der Waals surface area contributed by atoms with Crippen molar-refractivity contribution in [1.82, 2.24) is 14.2 Å². The molecule has 0 saturated carbocycles. The zero-order valence-electron chi connectivity index (χ0n) is 18.8. The van der Waals surface area contributed by atoms with Gasteiger partial charge >= 0.3 is 0 Å². The van der Waals surface area contributed by atoms with Crippen LogP contribution in [-0.4, -0.2) is 56.5 Å². The normalized spacial score (nSPS) is 18.1. The molecular weight excluding hydrogens is 458 g/mol.